The number of nitrogens with one attached hydrogen (secondary N) is 1. The van der Waals surface area contributed by atoms with Gasteiger partial charge in [-0.1, -0.05) is 6.07 Å². The van der Waals surface area contributed by atoms with Crippen LogP contribution in [0.25, 0.3) is 0 Å². The lowest BCUT2D eigenvalue weighted by Gasteiger charge is -2.13. The summed E-state index contributed by atoms with van der Waals surface area (Å²) in [6, 6.07) is 7.44. The number of pyridine rings is 1. The van der Waals surface area contributed by atoms with Gasteiger partial charge in [-0.2, -0.15) is 0 Å². The Balaban J connectivity index is 1.95. The summed E-state index contributed by atoms with van der Waals surface area (Å²) in [5, 5.41) is 2.92. The maximum absolute atomic E-state index is 11.9. The lowest BCUT2D eigenvalue weighted by Crippen LogP contribution is -2.25. The lowest BCUT2D eigenvalue weighted by molar-refractivity contribution is 0.0954. The number of aromatic nitrogens is 1. The highest BCUT2D eigenvalue weighted by Gasteiger charge is 2.08. The van der Waals surface area contributed by atoms with Crippen molar-refractivity contribution in [1.82, 2.24) is 10.3 Å². The predicted molar refractivity (Wildman–Crippen MR) is 82.7 cm³/mol. The summed E-state index contributed by atoms with van der Waals surface area (Å²) in [4.78, 5) is 15.8. The fourth-order valence-corrected chi connectivity index (χ4v) is 2.26. The van der Waals surface area contributed by atoms with Crippen molar-refractivity contribution < 1.29 is 9.53 Å². The zero-order valence-corrected chi connectivity index (χ0v) is 12.6. The maximum Gasteiger partial charge on any atom is 0.251 e. The zero-order chi connectivity index (χ0) is 15.2. The number of nitrogens with zero attached hydrogens (tertiary/aromatic N) is 1. The first-order chi connectivity index (χ1) is 10.1. The molecule has 1 aromatic carbocycles. The summed E-state index contributed by atoms with van der Waals surface area (Å²) >= 11 is 0. The van der Waals surface area contributed by atoms with Crippen molar-refractivity contribution in [3.63, 3.8) is 0 Å². The van der Waals surface area contributed by atoms with Gasteiger partial charge in [-0.15, -0.1) is 0 Å². The Labute approximate surface area is 125 Å². The van der Waals surface area contributed by atoms with Crippen LogP contribution in [0.3, 0.4) is 0 Å². The van der Waals surface area contributed by atoms with Gasteiger partial charge >= 0.3 is 0 Å². The van der Waals surface area contributed by atoms with Crippen LogP contribution in [0.5, 0.6) is 5.75 Å². The Morgan fingerprint density at radius 2 is 1.86 bits per heavy atom. The van der Waals surface area contributed by atoms with Crippen molar-refractivity contribution in [2.75, 3.05) is 13.7 Å². The van der Waals surface area contributed by atoms with Crippen LogP contribution in [0.4, 0.5) is 0 Å². The Kier molecular flexibility index (Phi) is 4.93. The van der Waals surface area contributed by atoms with E-state index in [1.165, 1.54) is 11.1 Å². The van der Waals surface area contributed by atoms with Gasteiger partial charge in [-0.3, -0.25) is 9.78 Å². The Morgan fingerprint density at radius 1 is 1.14 bits per heavy atom. The van der Waals surface area contributed by atoms with E-state index >= 15 is 0 Å². The Morgan fingerprint density at radius 3 is 2.52 bits per heavy atom. The first kappa shape index (κ1) is 15.0. The first-order valence-corrected chi connectivity index (χ1v) is 6.94. The van der Waals surface area contributed by atoms with Crippen molar-refractivity contribution in [1.29, 1.82) is 0 Å². The quantitative estimate of drug-likeness (QED) is 0.918. The number of hydrogen-bond acceptors (Lipinski definition) is 3. The molecule has 0 aliphatic carbocycles. The molecule has 1 N–H and O–H groups in total. The second-order valence-electron chi connectivity index (χ2n) is 4.92. The lowest BCUT2D eigenvalue weighted by atomic mass is 10.00. The summed E-state index contributed by atoms with van der Waals surface area (Å²) in [5.74, 6) is 0.831. The molecule has 1 aromatic heterocycles. The SMILES string of the molecule is COc1ccc(CCNC(=O)c2ccncc2)c(C)c1C. The highest BCUT2D eigenvalue weighted by atomic mass is 16.5. The van der Waals surface area contributed by atoms with Gasteiger partial charge in [-0.25, -0.2) is 0 Å². The molecule has 1 amide bonds. The largest absolute Gasteiger partial charge is 0.496 e. The first-order valence-electron chi connectivity index (χ1n) is 6.94. The van der Waals surface area contributed by atoms with Gasteiger partial charge in [0.25, 0.3) is 5.91 Å². The molecule has 0 aliphatic rings. The summed E-state index contributed by atoms with van der Waals surface area (Å²) in [7, 11) is 1.68. The van der Waals surface area contributed by atoms with E-state index in [-0.39, 0.29) is 5.91 Å². The Hall–Kier alpha value is -2.36. The van der Waals surface area contributed by atoms with Gasteiger partial charge in [0.1, 0.15) is 5.75 Å². The smallest absolute Gasteiger partial charge is 0.251 e. The van der Waals surface area contributed by atoms with E-state index in [1.54, 1.807) is 31.6 Å². The molecule has 4 nitrogen and oxygen atoms in total. The zero-order valence-electron chi connectivity index (χ0n) is 12.6. The van der Waals surface area contributed by atoms with Crippen LogP contribution in [0.15, 0.2) is 36.7 Å². The molecule has 0 aliphatic heterocycles. The van der Waals surface area contributed by atoms with Gasteiger partial charge in [-0.05, 0) is 55.2 Å². The molecule has 21 heavy (non-hydrogen) atoms. The number of hydrogen-bond donors (Lipinski definition) is 1. The van der Waals surface area contributed by atoms with Crippen LogP contribution in [0.1, 0.15) is 27.0 Å². The van der Waals surface area contributed by atoms with Crippen molar-refractivity contribution in [2.24, 2.45) is 0 Å². The third-order valence-corrected chi connectivity index (χ3v) is 3.69. The van der Waals surface area contributed by atoms with Gasteiger partial charge < -0.3 is 10.1 Å². The molecular formula is C17H20N2O2. The molecule has 0 saturated carbocycles. The number of ether oxygens (including phenoxy) is 1. The molecule has 0 bridgehead atoms. The number of rotatable bonds is 5. The standard InChI is InChI=1S/C17H20N2O2/c1-12-13(2)16(21-3)5-4-14(12)8-11-19-17(20)15-6-9-18-10-7-15/h4-7,9-10H,8,11H2,1-3H3,(H,19,20). The monoisotopic (exact) mass is 284 g/mol. The van der Waals surface area contributed by atoms with E-state index in [9.17, 15) is 4.79 Å². The summed E-state index contributed by atoms with van der Waals surface area (Å²) in [5.41, 5.74) is 4.22. The molecule has 1 heterocycles. The maximum atomic E-state index is 11.9. The van der Waals surface area contributed by atoms with E-state index in [0.29, 0.717) is 12.1 Å². The molecule has 0 saturated heterocycles. The minimum Gasteiger partial charge on any atom is -0.496 e. The van der Waals surface area contributed by atoms with Gasteiger partial charge in [0.05, 0.1) is 7.11 Å². The van der Waals surface area contributed by atoms with E-state index in [0.717, 1.165) is 17.7 Å². The summed E-state index contributed by atoms with van der Waals surface area (Å²) in [6.45, 7) is 4.73. The van der Waals surface area contributed by atoms with E-state index in [1.807, 2.05) is 13.0 Å². The predicted octanol–water partition coefficient (Wildman–Crippen LogP) is 2.68. The third-order valence-electron chi connectivity index (χ3n) is 3.69. The molecule has 0 atom stereocenters. The minimum absolute atomic E-state index is 0.0692. The molecule has 0 unspecified atom stereocenters. The molecule has 0 fully saturated rings. The normalized spacial score (nSPS) is 10.2. The molecule has 2 rings (SSSR count). The molecule has 0 spiro atoms. The van der Waals surface area contributed by atoms with Gasteiger partial charge in [0, 0.05) is 24.5 Å². The van der Waals surface area contributed by atoms with Crippen molar-refractivity contribution in [3.8, 4) is 5.75 Å². The van der Waals surface area contributed by atoms with Crippen molar-refractivity contribution in [2.45, 2.75) is 20.3 Å². The van der Waals surface area contributed by atoms with Crippen LogP contribution >= 0.6 is 0 Å². The molecule has 4 heteroatoms. The third kappa shape index (κ3) is 3.60. The van der Waals surface area contributed by atoms with Gasteiger partial charge in [0.15, 0.2) is 0 Å². The highest BCUT2D eigenvalue weighted by molar-refractivity contribution is 5.93. The van der Waals surface area contributed by atoms with Crippen molar-refractivity contribution >= 4 is 5.91 Å². The van der Waals surface area contributed by atoms with E-state index < -0.39 is 0 Å². The Bertz CT molecular complexity index is 624. The molecular weight excluding hydrogens is 264 g/mol. The topological polar surface area (TPSA) is 51.2 Å². The second-order valence-corrected chi connectivity index (χ2v) is 4.92. The van der Waals surface area contributed by atoms with Crippen LogP contribution in [0, 0.1) is 13.8 Å². The van der Waals surface area contributed by atoms with E-state index in [4.69, 9.17) is 4.74 Å². The molecule has 110 valence electrons. The van der Waals surface area contributed by atoms with Crippen LogP contribution in [0.2, 0.25) is 0 Å². The summed E-state index contributed by atoms with van der Waals surface area (Å²) in [6.07, 6.45) is 4.03. The number of benzene rings is 1. The van der Waals surface area contributed by atoms with Crippen LogP contribution < -0.4 is 10.1 Å². The number of amides is 1. The minimum atomic E-state index is -0.0692. The molecule has 0 radical (unpaired) electrons. The van der Waals surface area contributed by atoms with E-state index in [2.05, 4.69) is 23.3 Å². The van der Waals surface area contributed by atoms with Crippen molar-refractivity contribution in [3.05, 3.63) is 58.9 Å². The highest BCUT2D eigenvalue weighted by Crippen LogP contribution is 2.23. The fraction of sp³-hybridized carbons (Fsp3) is 0.294. The summed E-state index contributed by atoms with van der Waals surface area (Å²) < 4.78 is 5.31. The van der Waals surface area contributed by atoms with Crippen LogP contribution in [-0.4, -0.2) is 24.5 Å². The number of carbonyl (C=O) groups is 1. The number of methoxy groups -OCH3 is 1. The van der Waals surface area contributed by atoms with Gasteiger partial charge in [0.2, 0.25) is 0 Å². The second kappa shape index (κ2) is 6.88. The number of carbonyl (C=O) groups excluding carboxylic acids is 1. The average Bonchev–Trinajstić information content (AvgIpc) is 2.52. The van der Waals surface area contributed by atoms with Crippen LogP contribution in [-0.2, 0) is 6.42 Å². The molecule has 2 aromatic rings. The average molecular weight is 284 g/mol. The fourth-order valence-electron chi connectivity index (χ4n) is 2.26.